The molecule has 8 heteroatoms. The van der Waals surface area contributed by atoms with Gasteiger partial charge in [0.2, 0.25) is 0 Å². The maximum atomic E-state index is 12.1. The SMILES string of the molecule is CCCCCCCCNC(=O)c1cc([N+](=O)[O-])c(C)c([N+](=O)[O-])c1. The van der Waals surface area contributed by atoms with Crippen LogP contribution >= 0.6 is 0 Å². The van der Waals surface area contributed by atoms with Crippen molar-refractivity contribution >= 4 is 17.3 Å². The second-order valence-corrected chi connectivity index (χ2v) is 5.68. The van der Waals surface area contributed by atoms with Gasteiger partial charge in [-0.05, 0) is 13.3 Å². The molecule has 0 aromatic heterocycles. The van der Waals surface area contributed by atoms with E-state index in [1.165, 1.54) is 26.2 Å². The van der Waals surface area contributed by atoms with Gasteiger partial charge in [-0.2, -0.15) is 0 Å². The van der Waals surface area contributed by atoms with Crippen molar-refractivity contribution in [2.75, 3.05) is 6.54 Å². The lowest BCUT2D eigenvalue weighted by atomic mass is 10.1. The fourth-order valence-electron chi connectivity index (χ4n) is 2.40. The van der Waals surface area contributed by atoms with Gasteiger partial charge in [0.25, 0.3) is 17.3 Å². The summed E-state index contributed by atoms with van der Waals surface area (Å²) in [5.41, 5.74) is -0.967. The molecule has 0 atom stereocenters. The quantitative estimate of drug-likeness (QED) is 0.395. The Balaban J connectivity index is 2.70. The molecule has 1 N–H and O–H groups in total. The largest absolute Gasteiger partial charge is 0.352 e. The Kier molecular flexibility index (Phi) is 7.81. The molecule has 1 amide bonds. The minimum Gasteiger partial charge on any atom is -0.352 e. The van der Waals surface area contributed by atoms with Gasteiger partial charge >= 0.3 is 0 Å². The highest BCUT2D eigenvalue weighted by Crippen LogP contribution is 2.29. The molecule has 0 aliphatic carbocycles. The number of nitrogens with zero attached hydrogens (tertiary/aromatic N) is 2. The third-order valence-electron chi connectivity index (χ3n) is 3.82. The lowest BCUT2D eigenvalue weighted by Crippen LogP contribution is -2.24. The summed E-state index contributed by atoms with van der Waals surface area (Å²) >= 11 is 0. The van der Waals surface area contributed by atoms with E-state index >= 15 is 0 Å². The van der Waals surface area contributed by atoms with E-state index in [1.54, 1.807) is 0 Å². The normalized spacial score (nSPS) is 10.4. The lowest BCUT2D eigenvalue weighted by Gasteiger charge is -2.07. The summed E-state index contributed by atoms with van der Waals surface area (Å²) in [6, 6.07) is 2.16. The molecule has 0 saturated carbocycles. The van der Waals surface area contributed by atoms with Crippen molar-refractivity contribution in [2.24, 2.45) is 0 Å². The van der Waals surface area contributed by atoms with Crippen molar-refractivity contribution in [3.8, 4) is 0 Å². The Morgan fingerprint density at radius 2 is 1.50 bits per heavy atom. The van der Waals surface area contributed by atoms with E-state index in [-0.39, 0.29) is 11.1 Å². The van der Waals surface area contributed by atoms with Gasteiger partial charge in [-0.3, -0.25) is 25.0 Å². The fourth-order valence-corrected chi connectivity index (χ4v) is 2.40. The summed E-state index contributed by atoms with van der Waals surface area (Å²) in [6.45, 7) is 3.88. The van der Waals surface area contributed by atoms with E-state index in [0.717, 1.165) is 31.4 Å². The van der Waals surface area contributed by atoms with Crippen molar-refractivity contribution in [2.45, 2.75) is 52.4 Å². The van der Waals surface area contributed by atoms with Crippen molar-refractivity contribution in [3.05, 3.63) is 43.5 Å². The van der Waals surface area contributed by atoms with Crippen LogP contribution in [-0.2, 0) is 0 Å². The first-order valence-corrected chi connectivity index (χ1v) is 8.10. The van der Waals surface area contributed by atoms with Gasteiger partial charge in [-0.25, -0.2) is 0 Å². The van der Waals surface area contributed by atoms with Crippen LogP contribution in [0, 0.1) is 27.2 Å². The molecule has 0 spiro atoms. The number of nitro groups is 2. The molecule has 0 aliphatic rings. The molecule has 0 unspecified atom stereocenters. The molecule has 8 nitrogen and oxygen atoms in total. The van der Waals surface area contributed by atoms with Gasteiger partial charge < -0.3 is 5.32 Å². The molecule has 0 bridgehead atoms. The van der Waals surface area contributed by atoms with Crippen molar-refractivity contribution in [1.29, 1.82) is 0 Å². The van der Waals surface area contributed by atoms with E-state index in [1.807, 2.05) is 0 Å². The average molecular weight is 337 g/mol. The molecule has 0 fully saturated rings. The van der Waals surface area contributed by atoms with Crippen LogP contribution in [-0.4, -0.2) is 22.3 Å². The number of nitrogens with one attached hydrogen (secondary N) is 1. The van der Waals surface area contributed by atoms with Gasteiger partial charge in [0.15, 0.2) is 0 Å². The van der Waals surface area contributed by atoms with Crippen LogP contribution in [0.15, 0.2) is 12.1 Å². The Hall–Kier alpha value is -2.51. The zero-order valence-electron chi connectivity index (χ0n) is 14.0. The number of nitro benzene ring substituents is 2. The van der Waals surface area contributed by atoms with Crippen molar-refractivity contribution in [3.63, 3.8) is 0 Å². The summed E-state index contributed by atoms with van der Waals surface area (Å²) in [4.78, 5) is 32.7. The molecule has 0 aliphatic heterocycles. The smallest absolute Gasteiger partial charge is 0.279 e. The Bertz CT molecular complexity index is 581. The summed E-state index contributed by atoms with van der Waals surface area (Å²) in [6.07, 6.45) is 6.44. The van der Waals surface area contributed by atoms with E-state index in [2.05, 4.69) is 12.2 Å². The van der Waals surface area contributed by atoms with Crippen LogP contribution in [0.2, 0.25) is 0 Å². The first kappa shape index (κ1) is 19.5. The van der Waals surface area contributed by atoms with Crippen LogP contribution in [0.5, 0.6) is 0 Å². The zero-order chi connectivity index (χ0) is 18.1. The van der Waals surface area contributed by atoms with Crippen LogP contribution < -0.4 is 5.32 Å². The van der Waals surface area contributed by atoms with Gasteiger partial charge in [0.05, 0.1) is 15.4 Å². The highest BCUT2D eigenvalue weighted by atomic mass is 16.6. The number of benzene rings is 1. The third-order valence-corrected chi connectivity index (χ3v) is 3.82. The second-order valence-electron chi connectivity index (χ2n) is 5.68. The van der Waals surface area contributed by atoms with Crippen LogP contribution in [0.25, 0.3) is 0 Å². The molecule has 1 aromatic carbocycles. The van der Waals surface area contributed by atoms with Crippen LogP contribution in [0.3, 0.4) is 0 Å². The minimum absolute atomic E-state index is 0.0579. The Morgan fingerprint density at radius 1 is 1.00 bits per heavy atom. The lowest BCUT2D eigenvalue weighted by molar-refractivity contribution is -0.395. The maximum Gasteiger partial charge on any atom is 0.279 e. The van der Waals surface area contributed by atoms with Crippen LogP contribution in [0.4, 0.5) is 11.4 Å². The predicted molar refractivity (Wildman–Crippen MR) is 90.2 cm³/mol. The molecule has 1 rings (SSSR count). The highest BCUT2D eigenvalue weighted by Gasteiger charge is 2.25. The number of carbonyl (C=O) groups excluding carboxylic acids is 1. The second kappa shape index (κ2) is 9.59. The molecule has 0 saturated heterocycles. The topological polar surface area (TPSA) is 115 Å². The zero-order valence-corrected chi connectivity index (χ0v) is 14.0. The number of hydrogen-bond donors (Lipinski definition) is 1. The van der Waals surface area contributed by atoms with Gasteiger partial charge in [-0.1, -0.05) is 39.0 Å². The molecule has 24 heavy (non-hydrogen) atoms. The highest BCUT2D eigenvalue weighted by molar-refractivity contribution is 5.96. The molecular weight excluding hydrogens is 314 g/mol. The van der Waals surface area contributed by atoms with E-state index in [0.29, 0.717) is 6.54 Å². The van der Waals surface area contributed by atoms with Crippen LogP contribution in [0.1, 0.15) is 61.4 Å². The molecule has 1 aromatic rings. The first-order valence-electron chi connectivity index (χ1n) is 8.10. The first-order chi connectivity index (χ1) is 11.4. The Morgan fingerprint density at radius 3 is 2.00 bits per heavy atom. The van der Waals surface area contributed by atoms with Gasteiger partial charge in [-0.15, -0.1) is 0 Å². The molecule has 0 heterocycles. The number of carbonyl (C=O) groups is 1. The summed E-state index contributed by atoms with van der Waals surface area (Å²) < 4.78 is 0. The summed E-state index contributed by atoms with van der Waals surface area (Å²) in [5.74, 6) is -0.533. The van der Waals surface area contributed by atoms with E-state index in [9.17, 15) is 25.0 Å². The number of unbranched alkanes of at least 4 members (excludes halogenated alkanes) is 5. The average Bonchev–Trinajstić information content (AvgIpc) is 2.53. The van der Waals surface area contributed by atoms with Gasteiger partial charge in [0.1, 0.15) is 5.56 Å². The monoisotopic (exact) mass is 337 g/mol. The molecule has 132 valence electrons. The predicted octanol–water partition coefficient (Wildman–Crippen LogP) is 3.90. The van der Waals surface area contributed by atoms with Crippen molar-refractivity contribution in [1.82, 2.24) is 5.32 Å². The van der Waals surface area contributed by atoms with Gasteiger partial charge in [0, 0.05) is 18.7 Å². The number of hydrogen-bond acceptors (Lipinski definition) is 5. The third kappa shape index (κ3) is 5.60. The number of amides is 1. The standard InChI is InChI=1S/C16H23N3O5/c1-3-4-5-6-7-8-9-17-16(20)13-10-14(18(21)22)12(2)15(11-13)19(23)24/h10-11H,3-9H2,1-2H3,(H,17,20). The van der Waals surface area contributed by atoms with E-state index < -0.39 is 27.1 Å². The maximum absolute atomic E-state index is 12.1. The molecular formula is C16H23N3O5. The summed E-state index contributed by atoms with van der Waals surface area (Å²) in [7, 11) is 0. The Labute approximate surface area is 140 Å². The number of rotatable bonds is 10. The minimum atomic E-state index is -0.715. The van der Waals surface area contributed by atoms with E-state index in [4.69, 9.17) is 0 Å². The molecule has 0 radical (unpaired) electrons. The fraction of sp³-hybridized carbons (Fsp3) is 0.562. The summed E-state index contributed by atoms with van der Waals surface area (Å²) in [5, 5.41) is 24.7. The van der Waals surface area contributed by atoms with Crippen molar-refractivity contribution < 1.29 is 14.6 Å².